The summed E-state index contributed by atoms with van der Waals surface area (Å²) in [6.45, 7) is 1.30. The second-order valence-electron chi connectivity index (χ2n) is 5.04. The lowest BCUT2D eigenvalue weighted by Gasteiger charge is -2.02. The molecule has 0 aliphatic rings. The molecule has 6 nitrogen and oxygen atoms in total. The Balaban J connectivity index is 2.07. The highest BCUT2D eigenvalue weighted by Crippen LogP contribution is 2.26. The quantitative estimate of drug-likeness (QED) is 0.750. The monoisotopic (exact) mass is 316 g/mol. The van der Waals surface area contributed by atoms with Gasteiger partial charge >= 0.3 is 0 Å². The number of hydrogen-bond acceptors (Lipinski definition) is 5. The second-order valence-corrected chi connectivity index (χ2v) is 5.44. The van der Waals surface area contributed by atoms with Crippen LogP contribution in [0.4, 0.5) is 5.82 Å². The van der Waals surface area contributed by atoms with Gasteiger partial charge in [-0.25, -0.2) is 14.6 Å². The van der Waals surface area contributed by atoms with E-state index in [4.69, 9.17) is 23.1 Å². The fraction of sp³-hybridized carbons (Fsp3) is 0.267. The van der Waals surface area contributed by atoms with Crippen LogP contribution in [-0.4, -0.2) is 26.3 Å². The third-order valence-corrected chi connectivity index (χ3v) is 3.89. The number of halogens is 1. The fourth-order valence-electron chi connectivity index (χ4n) is 2.45. The molecule has 0 amide bonds. The Morgan fingerprint density at radius 3 is 2.77 bits per heavy atom. The summed E-state index contributed by atoms with van der Waals surface area (Å²) in [6, 6.07) is 7.70. The first-order valence-corrected chi connectivity index (χ1v) is 7.48. The molecule has 0 spiro atoms. The number of nitrogens with two attached hydrogens (primary N) is 2. The Kier molecular flexibility index (Phi) is 4.22. The third kappa shape index (κ3) is 2.75. The summed E-state index contributed by atoms with van der Waals surface area (Å²) in [4.78, 5) is 8.40. The first-order valence-electron chi connectivity index (χ1n) is 7.10. The SMILES string of the molecule is NCCCn1nc(Cc2ccccc2Cl)c2c(N)ncnc21. The van der Waals surface area contributed by atoms with E-state index in [0.717, 1.165) is 28.7 Å². The molecule has 2 aromatic heterocycles. The van der Waals surface area contributed by atoms with Gasteiger partial charge in [0.25, 0.3) is 0 Å². The van der Waals surface area contributed by atoms with Crippen molar-refractivity contribution >= 4 is 28.5 Å². The molecule has 0 saturated heterocycles. The molecule has 0 unspecified atom stereocenters. The van der Waals surface area contributed by atoms with E-state index in [1.165, 1.54) is 6.33 Å². The number of aryl methyl sites for hydroxylation is 1. The smallest absolute Gasteiger partial charge is 0.163 e. The minimum Gasteiger partial charge on any atom is -0.383 e. The van der Waals surface area contributed by atoms with E-state index in [1.54, 1.807) is 0 Å². The molecule has 0 aliphatic carbocycles. The van der Waals surface area contributed by atoms with Gasteiger partial charge in [0.2, 0.25) is 0 Å². The molecule has 2 heterocycles. The normalized spacial score (nSPS) is 11.2. The summed E-state index contributed by atoms with van der Waals surface area (Å²) in [6.07, 6.45) is 2.87. The predicted molar refractivity (Wildman–Crippen MR) is 87.7 cm³/mol. The lowest BCUT2D eigenvalue weighted by atomic mass is 10.1. The molecule has 0 aliphatic heterocycles. The van der Waals surface area contributed by atoms with Gasteiger partial charge < -0.3 is 11.5 Å². The maximum absolute atomic E-state index is 6.24. The minimum atomic E-state index is 0.436. The van der Waals surface area contributed by atoms with E-state index in [1.807, 2.05) is 28.9 Å². The van der Waals surface area contributed by atoms with Crippen molar-refractivity contribution in [3.8, 4) is 0 Å². The summed E-state index contributed by atoms with van der Waals surface area (Å²) in [7, 11) is 0. The number of rotatable bonds is 5. The van der Waals surface area contributed by atoms with E-state index in [-0.39, 0.29) is 0 Å². The van der Waals surface area contributed by atoms with E-state index >= 15 is 0 Å². The van der Waals surface area contributed by atoms with Crippen molar-refractivity contribution in [2.24, 2.45) is 5.73 Å². The number of nitrogens with zero attached hydrogens (tertiary/aromatic N) is 4. The molecule has 3 rings (SSSR count). The highest BCUT2D eigenvalue weighted by Gasteiger charge is 2.16. The Hall–Kier alpha value is -2.18. The lowest BCUT2D eigenvalue weighted by molar-refractivity contribution is 0.591. The van der Waals surface area contributed by atoms with Crippen molar-refractivity contribution in [3.05, 3.63) is 46.9 Å². The highest BCUT2D eigenvalue weighted by molar-refractivity contribution is 6.31. The highest BCUT2D eigenvalue weighted by atomic mass is 35.5. The molecule has 0 bridgehead atoms. The summed E-state index contributed by atoms with van der Waals surface area (Å²) < 4.78 is 1.84. The summed E-state index contributed by atoms with van der Waals surface area (Å²) in [5.41, 5.74) is 14.2. The zero-order valence-electron chi connectivity index (χ0n) is 12.0. The average molecular weight is 317 g/mol. The maximum atomic E-state index is 6.24. The van der Waals surface area contributed by atoms with Crippen LogP contribution >= 0.6 is 11.6 Å². The number of anilines is 1. The van der Waals surface area contributed by atoms with Crippen molar-refractivity contribution in [1.29, 1.82) is 0 Å². The number of nitrogen functional groups attached to an aromatic ring is 1. The number of hydrogen-bond donors (Lipinski definition) is 2. The molecule has 7 heteroatoms. The number of benzene rings is 1. The summed E-state index contributed by atoms with van der Waals surface area (Å²) in [5.74, 6) is 0.436. The summed E-state index contributed by atoms with van der Waals surface area (Å²) >= 11 is 6.24. The summed E-state index contributed by atoms with van der Waals surface area (Å²) in [5, 5.41) is 6.15. The van der Waals surface area contributed by atoms with Gasteiger partial charge in [0, 0.05) is 18.0 Å². The van der Waals surface area contributed by atoms with E-state index in [2.05, 4.69) is 15.1 Å². The first kappa shape index (κ1) is 14.7. The number of aromatic nitrogens is 4. The van der Waals surface area contributed by atoms with Crippen molar-refractivity contribution in [3.63, 3.8) is 0 Å². The van der Waals surface area contributed by atoms with Crippen LogP contribution in [0.15, 0.2) is 30.6 Å². The molecule has 114 valence electrons. The Morgan fingerprint density at radius 2 is 2.00 bits per heavy atom. The largest absolute Gasteiger partial charge is 0.383 e. The van der Waals surface area contributed by atoms with Crippen molar-refractivity contribution in [1.82, 2.24) is 19.7 Å². The van der Waals surface area contributed by atoms with Crippen LogP contribution in [0.3, 0.4) is 0 Å². The van der Waals surface area contributed by atoms with Crippen LogP contribution in [0.2, 0.25) is 5.02 Å². The molecule has 0 atom stereocenters. The molecular formula is C15H17ClN6. The Bertz CT molecular complexity index is 798. The minimum absolute atomic E-state index is 0.436. The van der Waals surface area contributed by atoms with Gasteiger partial charge in [0.15, 0.2) is 5.65 Å². The van der Waals surface area contributed by atoms with Crippen LogP contribution in [0, 0.1) is 0 Å². The van der Waals surface area contributed by atoms with E-state index in [9.17, 15) is 0 Å². The topological polar surface area (TPSA) is 95.6 Å². The van der Waals surface area contributed by atoms with Crippen LogP contribution < -0.4 is 11.5 Å². The van der Waals surface area contributed by atoms with Gasteiger partial charge in [-0.05, 0) is 24.6 Å². The maximum Gasteiger partial charge on any atom is 0.163 e. The molecule has 0 saturated carbocycles. The van der Waals surface area contributed by atoms with Crippen LogP contribution in [0.1, 0.15) is 17.7 Å². The van der Waals surface area contributed by atoms with E-state index < -0.39 is 0 Å². The van der Waals surface area contributed by atoms with Gasteiger partial charge in [0.05, 0.1) is 11.1 Å². The van der Waals surface area contributed by atoms with Crippen LogP contribution in [0.25, 0.3) is 11.0 Å². The fourth-order valence-corrected chi connectivity index (χ4v) is 2.65. The molecule has 4 N–H and O–H groups in total. The molecular weight excluding hydrogens is 300 g/mol. The molecule has 0 radical (unpaired) electrons. The molecule has 3 aromatic rings. The van der Waals surface area contributed by atoms with Crippen molar-refractivity contribution in [2.45, 2.75) is 19.4 Å². The molecule has 0 fully saturated rings. The van der Waals surface area contributed by atoms with Crippen LogP contribution in [0.5, 0.6) is 0 Å². The predicted octanol–water partition coefficient (Wildman–Crippen LogP) is 2.00. The Labute approximate surface area is 133 Å². The van der Waals surface area contributed by atoms with E-state index in [0.29, 0.717) is 30.4 Å². The van der Waals surface area contributed by atoms with Gasteiger partial charge in [-0.3, -0.25) is 0 Å². The van der Waals surface area contributed by atoms with Crippen molar-refractivity contribution < 1.29 is 0 Å². The first-order chi connectivity index (χ1) is 10.7. The van der Waals surface area contributed by atoms with Crippen LogP contribution in [-0.2, 0) is 13.0 Å². The number of fused-ring (bicyclic) bond motifs is 1. The van der Waals surface area contributed by atoms with Crippen molar-refractivity contribution in [2.75, 3.05) is 12.3 Å². The molecule has 22 heavy (non-hydrogen) atoms. The standard InChI is InChI=1S/C15H17ClN6/c16-11-5-2-1-4-10(11)8-12-13-14(18)19-9-20-15(13)22(21-12)7-3-6-17/h1-2,4-5,9H,3,6-8,17H2,(H2,18,19,20). The van der Waals surface area contributed by atoms with Gasteiger partial charge in [-0.1, -0.05) is 29.8 Å². The Morgan fingerprint density at radius 1 is 1.18 bits per heavy atom. The zero-order chi connectivity index (χ0) is 15.5. The lowest BCUT2D eigenvalue weighted by Crippen LogP contribution is -2.08. The second kappa shape index (κ2) is 6.29. The van der Waals surface area contributed by atoms with Gasteiger partial charge in [-0.2, -0.15) is 5.10 Å². The van der Waals surface area contributed by atoms with Gasteiger partial charge in [-0.15, -0.1) is 0 Å². The average Bonchev–Trinajstić information content (AvgIpc) is 2.87. The zero-order valence-corrected chi connectivity index (χ0v) is 12.8. The van der Waals surface area contributed by atoms with Gasteiger partial charge in [0.1, 0.15) is 12.1 Å². The third-order valence-electron chi connectivity index (χ3n) is 3.52. The molecule has 1 aromatic carbocycles.